The molecule has 14 heteroatoms. The SMILES string of the molecule is COc1cc(OC)nc(NC(=O)NS(=O)(=O)c2cccc3c2S(=O)(=O)N(CCC(C)C)C3)n1. The smallest absolute Gasteiger partial charge is 0.335 e. The number of amides is 2. The van der Waals surface area contributed by atoms with E-state index in [1.165, 1.54) is 30.7 Å². The summed E-state index contributed by atoms with van der Waals surface area (Å²) in [6, 6.07) is 4.31. The van der Waals surface area contributed by atoms with Crippen molar-refractivity contribution in [2.24, 2.45) is 5.92 Å². The van der Waals surface area contributed by atoms with Crippen molar-refractivity contribution in [3.8, 4) is 11.8 Å². The van der Waals surface area contributed by atoms with Crippen LogP contribution in [0.4, 0.5) is 10.7 Å². The van der Waals surface area contributed by atoms with Gasteiger partial charge in [-0.05, 0) is 24.0 Å². The molecule has 1 aromatic carbocycles. The van der Waals surface area contributed by atoms with Crippen LogP contribution in [-0.4, -0.2) is 57.9 Å². The van der Waals surface area contributed by atoms with Gasteiger partial charge < -0.3 is 9.47 Å². The maximum Gasteiger partial charge on any atom is 0.335 e. The Hall–Kier alpha value is -2.97. The molecule has 1 aromatic heterocycles. The largest absolute Gasteiger partial charge is 0.481 e. The van der Waals surface area contributed by atoms with Crippen LogP contribution < -0.4 is 19.5 Å². The number of ether oxygens (including phenoxy) is 2. The van der Waals surface area contributed by atoms with Gasteiger partial charge in [0.25, 0.3) is 10.0 Å². The summed E-state index contributed by atoms with van der Waals surface area (Å²) in [5.74, 6) is 0.154. The normalized spacial score (nSPS) is 15.2. The fraction of sp³-hybridized carbons (Fsp3) is 0.421. The lowest BCUT2D eigenvalue weighted by Gasteiger charge is -2.16. The van der Waals surface area contributed by atoms with Crippen LogP contribution in [0.1, 0.15) is 25.8 Å². The van der Waals surface area contributed by atoms with E-state index in [1.54, 1.807) is 10.8 Å². The van der Waals surface area contributed by atoms with E-state index in [9.17, 15) is 21.6 Å². The topological polar surface area (TPSA) is 157 Å². The second-order valence-electron chi connectivity index (χ2n) is 7.60. The number of benzene rings is 1. The standard InChI is InChI=1S/C19H25N5O7S2/c1-12(2)8-9-24-11-13-6-5-7-14(17(13)33(24,28)29)32(26,27)23-19(25)22-18-20-15(30-3)10-16(21-18)31-4/h5-7,10,12H,8-9,11H2,1-4H3,(H2,20,21,22,23,25). The molecule has 1 aliphatic heterocycles. The van der Waals surface area contributed by atoms with Crippen molar-refractivity contribution >= 4 is 32.0 Å². The van der Waals surface area contributed by atoms with Crippen molar-refractivity contribution in [2.75, 3.05) is 26.1 Å². The average Bonchev–Trinajstić information content (AvgIpc) is 3.01. The fourth-order valence-electron chi connectivity index (χ4n) is 3.17. The van der Waals surface area contributed by atoms with E-state index in [2.05, 4.69) is 15.3 Å². The molecule has 2 aromatic rings. The molecule has 0 unspecified atom stereocenters. The van der Waals surface area contributed by atoms with Crippen LogP contribution in [0.3, 0.4) is 0 Å². The van der Waals surface area contributed by atoms with Crippen LogP contribution in [-0.2, 0) is 26.6 Å². The van der Waals surface area contributed by atoms with Gasteiger partial charge in [-0.25, -0.2) is 26.4 Å². The summed E-state index contributed by atoms with van der Waals surface area (Å²) in [5.41, 5.74) is 0.350. The Morgan fingerprint density at radius 3 is 2.39 bits per heavy atom. The minimum Gasteiger partial charge on any atom is -0.481 e. The first-order chi connectivity index (χ1) is 15.5. The third-order valence-corrected chi connectivity index (χ3v) is 8.29. The first-order valence-electron chi connectivity index (χ1n) is 9.91. The van der Waals surface area contributed by atoms with Crippen LogP contribution in [0.15, 0.2) is 34.1 Å². The number of carbonyl (C=O) groups is 1. The van der Waals surface area contributed by atoms with E-state index >= 15 is 0 Å². The third-order valence-electron chi connectivity index (χ3n) is 4.80. The zero-order valence-corrected chi connectivity index (χ0v) is 20.2. The Morgan fingerprint density at radius 1 is 1.18 bits per heavy atom. The number of fused-ring (bicyclic) bond motifs is 1. The van der Waals surface area contributed by atoms with Crippen LogP contribution >= 0.6 is 0 Å². The number of rotatable bonds is 8. The Labute approximate surface area is 192 Å². The molecular formula is C19H25N5O7S2. The molecule has 33 heavy (non-hydrogen) atoms. The number of hydrogen-bond acceptors (Lipinski definition) is 9. The molecule has 2 amide bonds. The molecular weight excluding hydrogens is 474 g/mol. The van der Waals surface area contributed by atoms with E-state index < -0.39 is 31.0 Å². The third kappa shape index (κ3) is 5.34. The number of nitrogens with one attached hydrogen (secondary N) is 2. The van der Waals surface area contributed by atoms with Crippen molar-refractivity contribution in [1.29, 1.82) is 0 Å². The molecule has 2 N–H and O–H groups in total. The second-order valence-corrected chi connectivity index (χ2v) is 11.1. The quantitative estimate of drug-likeness (QED) is 0.550. The molecule has 0 saturated heterocycles. The maximum atomic E-state index is 13.1. The molecule has 2 heterocycles. The van der Waals surface area contributed by atoms with Crippen molar-refractivity contribution in [2.45, 2.75) is 36.6 Å². The first kappa shape index (κ1) is 24.7. The van der Waals surface area contributed by atoms with Crippen molar-refractivity contribution in [1.82, 2.24) is 19.0 Å². The molecule has 0 radical (unpaired) electrons. The minimum atomic E-state index is -4.55. The predicted octanol–water partition coefficient (Wildman–Crippen LogP) is 1.55. The van der Waals surface area contributed by atoms with Gasteiger partial charge in [0, 0.05) is 13.1 Å². The Morgan fingerprint density at radius 2 is 1.82 bits per heavy atom. The highest BCUT2D eigenvalue weighted by atomic mass is 32.2. The molecule has 180 valence electrons. The highest BCUT2D eigenvalue weighted by molar-refractivity contribution is 7.93. The maximum absolute atomic E-state index is 13.1. The number of carbonyl (C=O) groups excluding carboxylic acids is 1. The van der Waals surface area contributed by atoms with Crippen molar-refractivity contribution in [3.63, 3.8) is 0 Å². The molecule has 0 saturated carbocycles. The monoisotopic (exact) mass is 499 g/mol. The molecule has 12 nitrogen and oxygen atoms in total. The van der Waals surface area contributed by atoms with Gasteiger partial charge in [0.05, 0.1) is 20.3 Å². The summed E-state index contributed by atoms with van der Waals surface area (Å²) in [7, 11) is -5.90. The molecule has 0 spiro atoms. The first-order valence-corrected chi connectivity index (χ1v) is 12.8. The molecule has 0 fully saturated rings. The lowest BCUT2D eigenvalue weighted by molar-refractivity contribution is 0.256. The van der Waals surface area contributed by atoms with E-state index in [0.717, 1.165) is 6.07 Å². The molecule has 3 rings (SSSR count). The van der Waals surface area contributed by atoms with Gasteiger partial charge in [-0.3, -0.25) is 5.32 Å². The molecule has 0 bridgehead atoms. The summed E-state index contributed by atoms with van der Waals surface area (Å²) in [5, 5.41) is 2.18. The van der Waals surface area contributed by atoms with Gasteiger partial charge in [0.1, 0.15) is 9.79 Å². The molecule has 0 aliphatic carbocycles. The summed E-state index contributed by atoms with van der Waals surface area (Å²) < 4.78 is 65.0. The van der Waals surface area contributed by atoms with Gasteiger partial charge in [0.15, 0.2) is 0 Å². The lowest BCUT2D eigenvalue weighted by Crippen LogP contribution is -2.36. The van der Waals surface area contributed by atoms with Gasteiger partial charge in [-0.2, -0.15) is 14.3 Å². The number of nitrogens with zero attached hydrogens (tertiary/aromatic N) is 3. The Balaban J connectivity index is 1.86. The Bertz CT molecular complexity index is 1240. The predicted molar refractivity (Wildman–Crippen MR) is 118 cm³/mol. The van der Waals surface area contributed by atoms with Gasteiger partial charge in [-0.15, -0.1) is 0 Å². The zero-order chi connectivity index (χ0) is 24.4. The van der Waals surface area contributed by atoms with Crippen LogP contribution in [0.5, 0.6) is 11.8 Å². The van der Waals surface area contributed by atoms with Gasteiger partial charge >= 0.3 is 6.03 Å². The van der Waals surface area contributed by atoms with Crippen molar-refractivity contribution < 1.29 is 31.1 Å². The van der Waals surface area contributed by atoms with Crippen molar-refractivity contribution in [3.05, 3.63) is 29.8 Å². The summed E-state index contributed by atoms with van der Waals surface area (Å²) >= 11 is 0. The summed E-state index contributed by atoms with van der Waals surface area (Å²) in [6.07, 6.45) is 0.625. The molecule has 0 atom stereocenters. The highest BCUT2D eigenvalue weighted by Crippen LogP contribution is 2.35. The van der Waals surface area contributed by atoms with E-state index in [-0.39, 0.29) is 41.6 Å². The number of anilines is 1. The number of urea groups is 1. The van der Waals surface area contributed by atoms with Crippen LogP contribution in [0.25, 0.3) is 0 Å². The summed E-state index contributed by atoms with van der Waals surface area (Å²) in [4.78, 5) is 19.3. The fourth-order valence-corrected chi connectivity index (χ4v) is 6.55. The van der Waals surface area contributed by atoms with Crippen LogP contribution in [0.2, 0.25) is 0 Å². The number of hydrogen-bond donors (Lipinski definition) is 2. The van der Waals surface area contributed by atoms with Crippen LogP contribution in [0, 0.1) is 5.92 Å². The zero-order valence-electron chi connectivity index (χ0n) is 18.5. The number of methoxy groups -OCH3 is 2. The van der Waals surface area contributed by atoms with Gasteiger partial charge in [-0.1, -0.05) is 26.0 Å². The minimum absolute atomic E-state index is 0.0669. The van der Waals surface area contributed by atoms with E-state index in [0.29, 0.717) is 12.0 Å². The van der Waals surface area contributed by atoms with E-state index in [4.69, 9.17) is 9.47 Å². The number of sulfonamides is 2. The highest BCUT2D eigenvalue weighted by Gasteiger charge is 2.40. The van der Waals surface area contributed by atoms with Gasteiger partial charge in [0.2, 0.25) is 27.7 Å². The summed E-state index contributed by atoms with van der Waals surface area (Å²) in [6.45, 7) is 4.26. The van der Waals surface area contributed by atoms with E-state index in [1.807, 2.05) is 13.8 Å². The molecule has 1 aliphatic rings. The lowest BCUT2D eigenvalue weighted by atomic mass is 10.1. The Kier molecular flexibility index (Phi) is 7.09. The second kappa shape index (κ2) is 9.49. The average molecular weight is 500 g/mol. The number of aromatic nitrogens is 2.